The molecule has 6 heteroatoms. The first kappa shape index (κ1) is 28.3. The van der Waals surface area contributed by atoms with Gasteiger partial charge in [-0.3, -0.25) is 9.69 Å². The van der Waals surface area contributed by atoms with Crippen LogP contribution in [-0.2, 0) is 16.3 Å². The van der Waals surface area contributed by atoms with Crippen molar-refractivity contribution in [2.45, 2.75) is 58.0 Å². The van der Waals surface area contributed by atoms with Crippen LogP contribution >= 0.6 is 27.7 Å². The fraction of sp³-hybridized carbons (Fsp3) is 0.294. The predicted octanol–water partition coefficient (Wildman–Crippen LogP) is 8.44. The number of hydrogen-bond donors (Lipinski definition) is 1. The van der Waals surface area contributed by atoms with Gasteiger partial charge >= 0.3 is 0 Å². The number of anilines is 1. The quantitative estimate of drug-likeness (QED) is 0.303. The molecular weight excluding hydrogens is 578 g/mol. The van der Waals surface area contributed by atoms with Gasteiger partial charge in [-0.25, -0.2) is 0 Å². The molecule has 0 fully saturated rings. The zero-order valence-corrected chi connectivity index (χ0v) is 25.8. The van der Waals surface area contributed by atoms with E-state index in [1.54, 1.807) is 0 Å². The van der Waals surface area contributed by atoms with Crippen molar-refractivity contribution in [3.8, 4) is 6.07 Å². The van der Waals surface area contributed by atoms with Crippen LogP contribution in [0.5, 0.6) is 0 Å². The minimum atomic E-state index is -0.485. The third kappa shape index (κ3) is 5.38. The maximum Gasteiger partial charge on any atom is 0.162 e. The molecule has 1 unspecified atom stereocenters. The minimum Gasteiger partial charge on any atom is -0.384 e. The number of nitrogens with zero attached hydrogens (tertiary/aromatic N) is 2. The Morgan fingerprint density at radius 3 is 2.42 bits per heavy atom. The summed E-state index contributed by atoms with van der Waals surface area (Å²) >= 11 is 5.55. The molecule has 1 aliphatic heterocycles. The van der Waals surface area contributed by atoms with Gasteiger partial charge in [0, 0.05) is 33.7 Å². The molecule has 0 bridgehead atoms. The summed E-state index contributed by atoms with van der Waals surface area (Å²) in [6, 6.07) is 25.1. The first-order valence-electron chi connectivity index (χ1n) is 13.5. The lowest BCUT2D eigenvalue weighted by molar-refractivity contribution is -0.118. The molecule has 2 aliphatic rings. The maximum absolute atomic E-state index is 14.0. The molecule has 40 heavy (non-hydrogen) atoms. The Bertz CT molecular complexity index is 1580. The van der Waals surface area contributed by atoms with Crippen LogP contribution in [0.2, 0.25) is 0 Å². The molecule has 1 atom stereocenters. The number of para-hydroxylation sites is 1. The van der Waals surface area contributed by atoms with Gasteiger partial charge < -0.3 is 5.73 Å². The molecule has 5 rings (SSSR count). The minimum absolute atomic E-state index is 0.0912. The third-order valence-electron chi connectivity index (χ3n) is 7.88. The van der Waals surface area contributed by atoms with Crippen molar-refractivity contribution in [1.82, 2.24) is 0 Å². The summed E-state index contributed by atoms with van der Waals surface area (Å²) in [5.41, 5.74) is 15.3. The lowest BCUT2D eigenvalue weighted by atomic mass is 9.68. The normalized spacial score (nSPS) is 18.6. The largest absolute Gasteiger partial charge is 0.384 e. The van der Waals surface area contributed by atoms with E-state index in [2.05, 4.69) is 86.1 Å². The Morgan fingerprint density at radius 1 is 1.02 bits per heavy atom. The van der Waals surface area contributed by atoms with E-state index in [0.29, 0.717) is 29.8 Å². The lowest BCUT2D eigenvalue weighted by Gasteiger charge is -2.44. The topological polar surface area (TPSA) is 70.1 Å². The molecule has 4 nitrogen and oxygen atoms in total. The van der Waals surface area contributed by atoms with Crippen molar-refractivity contribution < 1.29 is 4.79 Å². The number of hydrogen-bond acceptors (Lipinski definition) is 5. The summed E-state index contributed by atoms with van der Waals surface area (Å²) in [7, 11) is 0. The lowest BCUT2D eigenvalue weighted by Crippen LogP contribution is -2.42. The van der Waals surface area contributed by atoms with Gasteiger partial charge in [-0.1, -0.05) is 68.4 Å². The summed E-state index contributed by atoms with van der Waals surface area (Å²) in [6.07, 6.45) is 1.13. The highest BCUT2D eigenvalue weighted by molar-refractivity contribution is 9.10. The molecule has 1 heterocycles. The van der Waals surface area contributed by atoms with Crippen molar-refractivity contribution in [3.63, 3.8) is 0 Å². The fourth-order valence-corrected chi connectivity index (χ4v) is 7.49. The Kier molecular flexibility index (Phi) is 7.99. The van der Waals surface area contributed by atoms with Crippen LogP contribution in [0.3, 0.4) is 0 Å². The van der Waals surface area contributed by atoms with Crippen molar-refractivity contribution in [2.24, 2.45) is 11.1 Å². The summed E-state index contributed by atoms with van der Waals surface area (Å²) in [5, 5.41) is 10.5. The standard InChI is InChI=1S/C34H34BrN3OS/c1-21-14-22(2)25(15-24(21)20-40-19-23-10-6-5-7-11-23)31-26(18-36)33(37)38(28-13-9-8-12-27(28)35)29-16-34(3,4)17-30(39)32(29)31/h5-15,31H,16-17,19-20,37H2,1-4H3. The highest BCUT2D eigenvalue weighted by atomic mass is 79.9. The number of halogens is 1. The summed E-state index contributed by atoms with van der Waals surface area (Å²) in [4.78, 5) is 15.9. The average molecular weight is 613 g/mol. The molecule has 0 spiro atoms. The van der Waals surface area contributed by atoms with E-state index in [4.69, 9.17) is 5.73 Å². The van der Waals surface area contributed by atoms with Crippen molar-refractivity contribution in [1.29, 1.82) is 5.26 Å². The number of aryl methyl sites for hydroxylation is 2. The van der Waals surface area contributed by atoms with E-state index in [9.17, 15) is 10.1 Å². The molecule has 0 radical (unpaired) electrons. The number of ketones is 1. The Hall–Kier alpha value is -3.27. The summed E-state index contributed by atoms with van der Waals surface area (Å²) in [5.74, 6) is 1.77. The molecule has 3 aromatic rings. The number of allylic oxidation sites excluding steroid dienone is 3. The van der Waals surface area contributed by atoms with Gasteiger partial charge in [0.2, 0.25) is 0 Å². The summed E-state index contributed by atoms with van der Waals surface area (Å²) < 4.78 is 0.862. The third-order valence-corrected chi connectivity index (χ3v) is 9.60. The molecule has 0 saturated heterocycles. The van der Waals surface area contributed by atoms with Gasteiger partial charge in [-0.05, 0) is 81.6 Å². The molecule has 3 aromatic carbocycles. The van der Waals surface area contributed by atoms with E-state index >= 15 is 0 Å². The van der Waals surface area contributed by atoms with Crippen molar-refractivity contribution in [3.05, 3.63) is 122 Å². The number of Topliss-reactive ketones (excluding diaryl/α,β-unsaturated/α-hetero) is 1. The van der Waals surface area contributed by atoms with Crippen LogP contribution in [0.25, 0.3) is 0 Å². The average Bonchev–Trinajstić information content (AvgIpc) is 2.90. The number of carbonyl (C=O) groups excluding carboxylic acids is 1. The summed E-state index contributed by atoms with van der Waals surface area (Å²) in [6.45, 7) is 8.47. The molecule has 0 saturated carbocycles. The second-order valence-electron chi connectivity index (χ2n) is 11.5. The van der Waals surface area contributed by atoms with Crippen LogP contribution in [0.15, 0.2) is 93.9 Å². The smallest absolute Gasteiger partial charge is 0.162 e. The fourth-order valence-electron chi connectivity index (χ4n) is 5.96. The highest BCUT2D eigenvalue weighted by Crippen LogP contribution is 2.51. The van der Waals surface area contributed by atoms with Gasteiger partial charge in [-0.2, -0.15) is 17.0 Å². The molecule has 204 valence electrons. The van der Waals surface area contributed by atoms with Gasteiger partial charge in [0.25, 0.3) is 0 Å². The zero-order valence-electron chi connectivity index (χ0n) is 23.4. The highest BCUT2D eigenvalue weighted by Gasteiger charge is 2.45. The van der Waals surface area contributed by atoms with Crippen LogP contribution in [0, 0.1) is 30.6 Å². The molecule has 2 N–H and O–H groups in total. The van der Waals surface area contributed by atoms with Crippen LogP contribution in [-0.4, -0.2) is 5.78 Å². The molecule has 1 aliphatic carbocycles. The molecule has 0 amide bonds. The van der Waals surface area contributed by atoms with Crippen LogP contribution in [0.1, 0.15) is 60.4 Å². The van der Waals surface area contributed by atoms with E-state index < -0.39 is 5.92 Å². The second-order valence-corrected chi connectivity index (χ2v) is 13.4. The van der Waals surface area contributed by atoms with Crippen LogP contribution in [0.4, 0.5) is 5.69 Å². The number of nitriles is 1. The van der Waals surface area contributed by atoms with E-state index in [1.165, 1.54) is 16.7 Å². The van der Waals surface area contributed by atoms with Gasteiger partial charge in [-0.15, -0.1) is 0 Å². The van der Waals surface area contributed by atoms with Gasteiger partial charge in [0.15, 0.2) is 5.78 Å². The van der Waals surface area contributed by atoms with Gasteiger partial charge in [0.1, 0.15) is 5.82 Å². The number of carbonyl (C=O) groups is 1. The Balaban J connectivity index is 1.63. The van der Waals surface area contributed by atoms with Gasteiger partial charge in [0.05, 0.1) is 23.2 Å². The van der Waals surface area contributed by atoms with Crippen molar-refractivity contribution >= 4 is 39.2 Å². The van der Waals surface area contributed by atoms with E-state index in [-0.39, 0.29) is 11.2 Å². The monoisotopic (exact) mass is 611 g/mol. The number of thioether (sulfide) groups is 1. The molecular formula is C34H34BrN3OS. The Labute approximate surface area is 250 Å². The maximum atomic E-state index is 14.0. The van der Waals surface area contributed by atoms with E-state index in [1.807, 2.05) is 47.0 Å². The zero-order chi connectivity index (χ0) is 28.6. The number of benzene rings is 3. The second kappa shape index (κ2) is 11.3. The predicted molar refractivity (Wildman–Crippen MR) is 169 cm³/mol. The Morgan fingerprint density at radius 2 is 1.73 bits per heavy atom. The molecule has 0 aromatic heterocycles. The van der Waals surface area contributed by atoms with Crippen LogP contribution < -0.4 is 10.6 Å². The van der Waals surface area contributed by atoms with Crippen molar-refractivity contribution in [2.75, 3.05) is 4.90 Å². The number of nitrogens with two attached hydrogens (primary N) is 1. The SMILES string of the molecule is Cc1cc(C)c(C2C(C#N)=C(N)N(c3ccccc3Br)C3=C2C(=O)CC(C)(C)C3)cc1CSCc1ccccc1. The van der Waals surface area contributed by atoms with E-state index in [0.717, 1.165) is 38.5 Å². The first-order valence-corrected chi connectivity index (χ1v) is 15.5. The first-order chi connectivity index (χ1) is 19.1. The number of rotatable bonds is 6.